The number of nitrogens with one attached hydrogen (secondary N) is 1. The summed E-state index contributed by atoms with van der Waals surface area (Å²) in [5, 5.41) is 12.9. The van der Waals surface area contributed by atoms with Gasteiger partial charge in [0.2, 0.25) is 0 Å². The Hall–Kier alpha value is -1.53. The first-order valence-corrected chi connectivity index (χ1v) is 8.01. The lowest BCUT2D eigenvalue weighted by atomic mass is 9.81. The highest BCUT2D eigenvalue weighted by Gasteiger charge is 2.36. The van der Waals surface area contributed by atoms with Gasteiger partial charge in [-0.25, -0.2) is 0 Å². The fraction of sp³-hybridized carbons (Fsp3) is 0.611. The molecule has 21 heavy (non-hydrogen) atoms. The van der Waals surface area contributed by atoms with Crippen molar-refractivity contribution in [2.45, 2.75) is 64.0 Å². The van der Waals surface area contributed by atoms with Crippen molar-refractivity contribution >= 4 is 0 Å². The number of hydrogen-bond acceptors (Lipinski definition) is 3. The molecule has 0 heterocycles. The fourth-order valence-corrected chi connectivity index (χ4v) is 3.10. The number of rotatable bonds is 5. The predicted octanol–water partition coefficient (Wildman–Crippen LogP) is 4.00. The first kappa shape index (κ1) is 15.9. The number of hydrogen-bond donors (Lipinski definition) is 1. The molecule has 1 N–H and O–H groups in total. The topological polar surface area (TPSA) is 45.0 Å². The molecule has 1 fully saturated rings. The van der Waals surface area contributed by atoms with Gasteiger partial charge in [-0.2, -0.15) is 5.26 Å². The Kier molecular flexibility index (Phi) is 5.25. The second kappa shape index (κ2) is 6.95. The second-order valence-corrected chi connectivity index (χ2v) is 6.29. The summed E-state index contributed by atoms with van der Waals surface area (Å²) in [6, 6.07) is 10.8. The lowest BCUT2D eigenvalue weighted by Gasteiger charge is -2.36. The summed E-state index contributed by atoms with van der Waals surface area (Å²) in [4.78, 5) is 0. The summed E-state index contributed by atoms with van der Waals surface area (Å²) in [5.41, 5.74) is 0.884. The number of benzene rings is 1. The molecule has 1 saturated carbocycles. The molecule has 0 aliphatic heterocycles. The zero-order valence-corrected chi connectivity index (χ0v) is 13.4. The highest BCUT2D eigenvalue weighted by molar-refractivity contribution is 5.30. The third kappa shape index (κ3) is 3.98. The number of ether oxygens (including phenoxy) is 1. The summed E-state index contributed by atoms with van der Waals surface area (Å²) in [6.07, 6.45) is 3.88. The van der Waals surface area contributed by atoms with E-state index in [9.17, 15) is 5.26 Å². The maximum atomic E-state index is 9.51. The third-order valence-corrected chi connectivity index (χ3v) is 4.26. The van der Waals surface area contributed by atoms with Crippen LogP contribution in [0.1, 0.15) is 57.9 Å². The molecule has 0 aromatic heterocycles. The van der Waals surface area contributed by atoms with E-state index in [1.165, 1.54) is 5.56 Å². The molecular weight excluding hydrogens is 260 g/mol. The smallest absolute Gasteiger partial charge is 0.120 e. The Balaban J connectivity index is 2.06. The van der Waals surface area contributed by atoms with Crippen LogP contribution in [0.2, 0.25) is 0 Å². The Bertz CT molecular complexity index is 502. The minimum absolute atomic E-state index is 0.125. The van der Waals surface area contributed by atoms with Crippen LogP contribution in [-0.4, -0.2) is 18.2 Å². The van der Waals surface area contributed by atoms with Crippen LogP contribution >= 0.6 is 0 Å². The van der Waals surface area contributed by atoms with Crippen LogP contribution in [0.25, 0.3) is 0 Å². The second-order valence-electron chi connectivity index (χ2n) is 6.29. The van der Waals surface area contributed by atoms with Crippen molar-refractivity contribution in [3.63, 3.8) is 0 Å². The average Bonchev–Trinajstić information content (AvgIpc) is 2.48. The van der Waals surface area contributed by atoms with Crippen molar-refractivity contribution in [3.8, 4) is 11.8 Å². The molecule has 0 spiro atoms. The molecule has 1 aromatic rings. The van der Waals surface area contributed by atoms with Crippen LogP contribution in [0.15, 0.2) is 24.3 Å². The predicted molar refractivity (Wildman–Crippen MR) is 85.4 cm³/mol. The van der Waals surface area contributed by atoms with Gasteiger partial charge in [-0.1, -0.05) is 32.9 Å². The summed E-state index contributed by atoms with van der Waals surface area (Å²) < 4.78 is 6.16. The Morgan fingerprint density at radius 1 is 1.48 bits per heavy atom. The monoisotopic (exact) mass is 286 g/mol. The van der Waals surface area contributed by atoms with Gasteiger partial charge in [0.1, 0.15) is 17.4 Å². The first-order chi connectivity index (χ1) is 10.1. The average molecular weight is 286 g/mol. The highest BCUT2D eigenvalue weighted by Crippen LogP contribution is 2.31. The molecule has 2 rings (SSSR count). The van der Waals surface area contributed by atoms with Crippen LogP contribution in [0, 0.1) is 11.3 Å². The molecule has 2 atom stereocenters. The van der Waals surface area contributed by atoms with Gasteiger partial charge in [-0.3, -0.25) is 5.32 Å². The Morgan fingerprint density at radius 2 is 2.29 bits per heavy atom. The maximum Gasteiger partial charge on any atom is 0.120 e. The van der Waals surface area contributed by atoms with Crippen molar-refractivity contribution in [3.05, 3.63) is 29.8 Å². The van der Waals surface area contributed by atoms with E-state index in [0.717, 1.165) is 38.0 Å². The molecule has 3 nitrogen and oxygen atoms in total. The van der Waals surface area contributed by atoms with Crippen molar-refractivity contribution in [2.75, 3.05) is 6.54 Å². The Morgan fingerprint density at radius 3 is 2.95 bits per heavy atom. The molecule has 1 aromatic carbocycles. The van der Waals surface area contributed by atoms with Crippen LogP contribution in [0.3, 0.4) is 0 Å². The van der Waals surface area contributed by atoms with E-state index in [-0.39, 0.29) is 6.10 Å². The van der Waals surface area contributed by atoms with Gasteiger partial charge in [0.15, 0.2) is 0 Å². The van der Waals surface area contributed by atoms with E-state index in [4.69, 9.17) is 4.74 Å². The minimum atomic E-state index is -0.409. The summed E-state index contributed by atoms with van der Waals surface area (Å²) >= 11 is 0. The van der Waals surface area contributed by atoms with E-state index in [1.807, 2.05) is 6.07 Å². The molecular formula is C18H26N2O. The minimum Gasteiger partial charge on any atom is -0.490 e. The van der Waals surface area contributed by atoms with Gasteiger partial charge in [0, 0.05) is 6.42 Å². The van der Waals surface area contributed by atoms with Crippen molar-refractivity contribution < 1.29 is 4.74 Å². The molecule has 0 radical (unpaired) electrons. The standard InChI is InChI=1S/C18H26N2O/c1-4-20-18(13-19)10-6-9-17(12-18)21-16-8-5-7-15(11-16)14(2)3/h5,7-8,11,14,17,20H,4,6,9-10,12H2,1-3H3. The summed E-state index contributed by atoms with van der Waals surface area (Å²) in [5.74, 6) is 1.43. The van der Waals surface area contributed by atoms with E-state index in [1.54, 1.807) is 0 Å². The van der Waals surface area contributed by atoms with Gasteiger partial charge >= 0.3 is 0 Å². The largest absolute Gasteiger partial charge is 0.490 e. The molecule has 0 saturated heterocycles. The van der Waals surface area contributed by atoms with E-state index in [2.05, 4.69) is 50.4 Å². The van der Waals surface area contributed by atoms with Crippen LogP contribution in [0.5, 0.6) is 5.75 Å². The Labute approximate surface area is 128 Å². The normalized spacial score (nSPS) is 25.6. The van der Waals surface area contributed by atoms with Crippen molar-refractivity contribution in [1.82, 2.24) is 5.32 Å². The number of nitriles is 1. The van der Waals surface area contributed by atoms with Gasteiger partial charge in [0.25, 0.3) is 0 Å². The fourth-order valence-electron chi connectivity index (χ4n) is 3.10. The zero-order chi connectivity index (χ0) is 15.3. The highest BCUT2D eigenvalue weighted by atomic mass is 16.5. The third-order valence-electron chi connectivity index (χ3n) is 4.26. The quantitative estimate of drug-likeness (QED) is 0.889. The summed E-state index contributed by atoms with van der Waals surface area (Å²) in [7, 11) is 0. The van der Waals surface area contributed by atoms with Crippen molar-refractivity contribution in [1.29, 1.82) is 5.26 Å². The SMILES string of the molecule is CCNC1(C#N)CCCC(Oc2cccc(C(C)C)c2)C1. The van der Waals surface area contributed by atoms with E-state index >= 15 is 0 Å². The van der Waals surface area contributed by atoms with Gasteiger partial charge in [-0.15, -0.1) is 0 Å². The number of nitrogens with zero attached hydrogens (tertiary/aromatic N) is 1. The van der Waals surface area contributed by atoms with E-state index in [0.29, 0.717) is 5.92 Å². The van der Waals surface area contributed by atoms with Crippen LogP contribution < -0.4 is 10.1 Å². The molecule has 2 unspecified atom stereocenters. The molecule has 0 bridgehead atoms. The van der Waals surface area contributed by atoms with Gasteiger partial charge in [0.05, 0.1) is 6.07 Å². The lowest BCUT2D eigenvalue weighted by molar-refractivity contribution is 0.113. The molecule has 1 aliphatic rings. The molecule has 114 valence electrons. The summed E-state index contributed by atoms with van der Waals surface area (Å²) in [6.45, 7) is 7.25. The van der Waals surface area contributed by atoms with Gasteiger partial charge in [-0.05, 0) is 49.4 Å². The maximum absolute atomic E-state index is 9.51. The van der Waals surface area contributed by atoms with Crippen LogP contribution in [0.4, 0.5) is 0 Å². The molecule has 1 aliphatic carbocycles. The lowest BCUT2D eigenvalue weighted by Crippen LogP contribution is -2.49. The van der Waals surface area contributed by atoms with Gasteiger partial charge < -0.3 is 4.74 Å². The van der Waals surface area contributed by atoms with Crippen LogP contribution in [-0.2, 0) is 0 Å². The molecule has 0 amide bonds. The van der Waals surface area contributed by atoms with E-state index < -0.39 is 5.54 Å². The first-order valence-electron chi connectivity index (χ1n) is 8.01. The zero-order valence-electron chi connectivity index (χ0n) is 13.4. The molecule has 3 heteroatoms. The van der Waals surface area contributed by atoms with Crippen molar-refractivity contribution in [2.24, 2.45) is 0 Å².